The van der Waals surface area contributed by atoms with Gasteiger partial charge in [-0.25, -0.2) is 4.79 Å². The van der Waals surface area contributed by atoms with Gasteiger partial charge in [-0.1, -0.05) is 13.0 Å². The number of thioether (sulfide) groups is 1. The average Bonchev–Trinajstić information content (AvgIpc) is 2.26. The van der Waals surface area contributed by atoms with Crippen LogP contribution in [0.4, 0.5) is 0 Å². The molecule has 0 rings (SSSR count). The number of hydrogen-bond donors (Lipinski definition) is 1. The number of esters is 1. The van der Waals surface area contributed by atoms with Gasteiger partial charge in [0, 0.05) is 18.2 Å². The summed E-state index contributed by atoms with van der Waals surface area (Å²) >= 11 is 1.71. The van der Waals surface area contributed by atoms with Gasteiger partial charge in [-0.2, -0.15) is 11.8 Å². The molecule has 0 aliphatic heterocycles. The van der Waals surface area contributed by atoms with Crippen LogP contribution < -0.4 is 0 Å². The van der Waals surface area contributed by atoms with Gasteiger partial charge in [-0.05, 0) is 18.6 Å². The lowest BCUT2D eigenvalue weighted by atomic mass is 10.2. The van der Waals surface area contributed by atoms with Gasteiger partial charge in [0.05, 0.1) is 0 Å². The summed E-state index contributed by atoms with van der Waals surface area (Å²) in [4.78, 5) is 20.8. The van der Waals surface area contributed by atoms with E-state index >= 15 is 0 Å². The van der Waals surface area contributed by atoms with Crippen molar-refractivity contribution in [3.05, 3.63) is 12.7 Å². The summed E-state index contributed by atoms with van der Waals surface area (Å²) in [5, 5.41) is 8.40. The molecule has 0 amide bonds. The molecule has 4 nitrogen and oxygen atoms in total. The number of carbonyl (C=O) groups is 2. The van der Waals surface area contributed by atoms with Gasteiger partial charge in [0.2, 0.25) is 0 Å². The second kappa shape index (κ2) is 10.5. The van der Waals surface area contributed by atoms with Gasteiger partial charge in [-0.15, -0.1) is 0 Å². The van der Waals surface area contributed by atoms with E-state index in [1.807, 2.05) is 0 Å². The van der Waals surface area contributed by atoms with Gasteiger partial charge in [0.25, 0.3) is 0 Å². The van der Waals surface area contributed by atoms with Crippen LogP contribution >= 0.6 is 11.8 Å². The Morgan fingerprint density at radius 2 is 2.00 bits per heavy atom. The Labute approximate surface area is 100 Å². The Morgan fingerprint density at radius 1 is 1.25 bits per heavy atom. The number of unbranched alkanes of at least 4 members (excludes halogenated alkanes) is 2. The highest BCUT2D eigenvalue weighted by molar-refractivity contribution is 7.99. The van der Waals surface area contributed by atoms with Crippen LogP contribution in [-0.2, 0) is 14.3 Å². The SMILES string of the molecule is C=CC(=O)OCCSCCCCCC(=O)O. The van der Waals surface area contributed by atoms with Crippen molar-refractivity contribution in [3.63, 3.8) is 0 Å². The van der Waals surface area contributed by atoms with Crippen LogP contribution in [0.1, 0.15) is 25.7 Å². The maximum absolute atomic E-state index is 10.6. The predicted molar refractivity (Wildman–Crippen MR) is 64.6 cm³/mol. The van der Waals surface area contributed by atoms with Crippen molar-refractivity contribution in [1.82, 2.24) is 0 Å². The number of hydrogen-bond acceptors (Lipinski definition) is 4. The van der Waals surface area contributed by atoms with Crippen molar-refractivity contribution in [2.75, 3.05) is 18.1 Å². The molecule has 0 fully saturated rings. The average molecular weight is 246 g/mol. The minimum atomic E-state index is -0.732. The lowest BCUT2D eigenvalue weighted by Crippen LogP contribution is -2.04. The molecule has 0 radical (unpaired) electrons. The van der Waals surface area contributed by atoms with E-state index in [0.717, 1.165) is 36.8 Å². The van der Waals surface area contributed by atoms with Crippen LogP contribution in [0.15, 0.2) is 12.7 Å². The lowest BCUT2D eigenvalue weighted by Gasteiger charge is -2.02. The Balaban J connectivity index is 3.07. The number of carboxylic acid groups (broad SMARTS) is 1. The summed E-state index contributed by atoms with van der Waals surface area (Å²) in [7, 11) is 0. The van der Waals surface area contributed by atoms with Gasteiger partial charge in [0.1, 0.15) is 6.61 Å². The van der Waals surface area contributed by atoms with Crippen molar-refractivity contribution in [2.45, 2.75) is 25.7 Å². The first-order valence-corrected chi connectivity index (χ1v) is 6.41. The standard InChI is InChI=1S/C11H18O4S/c1-2-11(14)15-7-9-16-8-5-3-4-6-10(12)13/h2H,1,3-9H2,(H,12,13). The highest BCUT2D eigenvalue weighted by Gasteiger charge is 1.97. The third-order valence-electron chi connectivity index (χ3n) is 1.82. The largest absolute Gasteiger partial charge is 0.481 e. The Hall–Kier alpha value is -0.970. The van der Waals surface area contributed by atoms with Crippen LogP contribution in [-0.4, -0.2) is 35.2 Å². The van der Waals surface area contributed by atoms with E-state index in [1.54, 1.807) is 11.8 Å². The number of carbonyl (C=O) groups excluding carboxylic acids is 1. The monoisotopic (exact) mass is 246 g/mol. The smallest absolute Gasteiger partial charge is 0.330 e. The molecule has 16 heavy (non-hydrogen) atoms. The summed E-state index contributed by atoms with van der Waals surface area (Å²) in [6.45, 7) is 3.70. The molecule has 0 saturated carbocycles. The van der Waals surface area contributed by atoms with Gasteiger partial charge in [0.15, 0.2) is 0 Å². The predicted octanol–water partition coefficient (Wildman–Crippen LogP) is 2.09. The number of aliphatic carboxylic acids is 1. The van der Waals surface area contributed by atoms with Crippen LogP contribution in [0.3, 0.4) is 0 Å². The summed E-state index contributed by atoms with van der Waals surface area (Å²) in [5.74, 6) is 0.634. The van der Waals surface area contributed by atoms with Crippen LogP contribution in [0.25, 0.3) is 0 Å². The minimum absolute atomic E-state index is 0.252. The summed E-state index contributed by atoms with van der Waals surface area (Å²) in [5.41, 5.74) is 0. The molecule has 0 aliphatic rings. The van der Waals surface area contributed by atoms with E-state index in [1.165, 1.54) is 0 Å². The molecule has 0 aliphatic carbocycles. The van der Waals surface area contributed by atoms with E-state index in [4.69, 9.17) is 9.84 Å². The van der Waals surface area contributed by atoms with Crippen molar-refractivity contribution in [1.29, 1.82) is 0 Å². The second-order valence-electron chi connectivity index (χ2n) is 3.19. The zero-order valence-electron chi connectivity index (χ0n) is 9.31. The van der Waals surface area contributed by atoms with Crippen molar-refractivity contribution in [3.8, 4) is 0 Å². The van der Waals surface area contributed by atoms with Crippen molar-refractivity contribution in [2.24, 2.45) is 0 Å². The molecule has 5 heteroatoms. The molecular weight excluding hydrogens is 228 g/mol. The highest BCUT2D eigenvalue weighted by Crippen LogP contribution is 2.07. The molecule has 0 aromatic rings. The first-order chi connectivity index (χ1) is 7.66. The molecule has 0 unspecified atom stereocenters. The van der Waals surface area contributed by atoms with Crippen molar-refractivity contribution < 1.29 is 19.4 Å². The second-order valence-corrected chi connectivity index (χ2v) is 4.41. The van der Waals surface area contributed by atoms with Crippen LogP contribution in [0, 0.1) is 0 Å². The number of ether oxygens (including phenoxy) is 1. The number of rotatable bonds is 10. The van der Waals surface area contributed by atoms with Gasteiger partial charge >= 0.3 is 11.9 Å². The normalized spacial score (nSPS) is 9.75. The van der Waals surface area contributed by atoms with E-state index in [0.29, 0.717) is 6.61 Å². The molecule has 0 aromatic heterocycles. The molecular formula is C11H18O4S. The molecule has 0 atom stereocenters. The van der Waals surface area contributed by atoms with E-state index in [2.05, 4.69) is 6.58 Å². The summed E-state index contributed by atoms with van der Waals surface area (Å²) in [6.07, 6.45) is 4.08. The maximum atomic E-state index is 10.6. The third-order valence-corrected chi connectivity index (χ3v) is 2.85. The topological polar surface area (TPSA) is 63.6 Å². The lowest BCUT2D eigenvalue weighted by molar-refractivity contribution is -0.138. The Morgan fingerprint density at radius 3 is 2.62 bits per heavy atom. The van der Waals surface area contributed by atoms with E-state index in [-0.39, 0.29) is 12.4 Å². The fourth-order valence-electron chi connectivity index (χ4n) is 1.02. The molecule has 1 N–H and O–H groups in total. The quantitative estimate of drug-likeness (QED) is 0.363. The van der Waals surface area contributed by atoms with Crippen LogP contribution in [0.5, 0.6) is 0 Å². The zero-order valence-corrected chi connectivity index (χ0v) is 10.1. The van der Waals surface area contributed by atoms with Crippen LogP contribution in [0.2, 0.25) is 0 Å². The fourth-order valence-corrected chi connectivity index (χ4v) is 1.83. The third kappa shape index (κ3) is 11.1. The summed E-state index contributed by atoms with van der Waals surface area (Å²) in [6, 6.07) is 0. The zero-order chi connectivity index (χ0) is 12.2. The Bertz CT molecular complexity index is 228. The van der Waals surface area contributed by atoms with E-state index < -0.39 is 5.97 Å². The first-order valence-electron chi connectivity index (χ1n) is 5.25. The molecule has 0 spiro atoms. The fraction of sp³-hybridized carbons (Fsp3) is 0.636. The highest BCUT2D eigenvalue weighted by atomic mass is 32.2. The molecule has 92 valence electrons. The molecule has 0 aromatic carbocycles. The minimum Gasteiger partial charge on any atom is -0.481 e. The first kappa shape index (κ1) is 15.0. The molecule has 0 saturated heterocycles. The molecule has 0 heterocycles. The number of carboxylic acids is 1. The van der Waals surface area contributed by atoms with Gasteiger partial charge < -0.3 is 9.84 Å². The van der Waals surface area contributed by atoms with E-state index in [9.17, 15) is 9.59 Å². The Kier molecular flexibility index (Phi) is 9.91. The summed E-state index contributed by atoms with van der Waals surface area (Å²) < 4.78 is 4.79. The van der Waals surface area contributed by atoms with Crippen molar-refractivity contribution >= 4 is 23.7 Å². The van der Waals surface area contributed by atoms with Gasteiger partial charge in [-0.3, -0.25) is 4.79 Å². The molecule has 0 bridgehead atoms. The maximum Gasteiger partial charge on any atom is 0.330 e.